The van der Waals surface area contributed by atoms with Crippen molar-refractivity contribution in [3.63, 3.8) is 0 Å². The van der Waals surface area contributed by atoms with Crippen molar-refractivity contribution >= 4 is 11.6 Å². The van der Waals surface area contributed by atoms with Crippen LogP contribution in [0.15, 0.2) is 6.07 Å². The Labute approximate surface area is 111 Å². The third-order valence-electron chi connectivity index (χ3n) is 3.93. The number of rotatable bonds is 3. The first-order chi connectivity index (χ1) is 8.60. The standard InChI is InChI=1S/C13H16ClNO3/c1-7(15)13(3-4-13)10-11(16-2)8(14)5-9-12(10)18-6-17-9/h5,7H,3-4,6,15H2,1-2H3. The Morgan fingerprint density at radius 2 is 2.17 bits per heavy atom. The van der Waals surface area contributed by atoms with Gasteiger partial charge in [0, 0.05) is 23.1 Å². The molecule has 2 N–H and O–H groups in total. The predicted octanol–water partition coefficient (Wildman–Crippen LogP) is 2.46. The lowest BCUT2D eigenvalue weighted by Gasteiger charge is -2.24. The maximum atomic E-state index is 6.25. The predicted molar refractivity (Wildman–Crippen MR) is 68.7 cm³/mol. The van der Waals surface area contributed by atoms with Crippen molar-refractivity contribution in [2.75, 3.05) is 13.9 Å². The zero-order valence-corrected chi connectivity index (χ0v) is 11.2. The van der Waals surface area contributed by atoms with Crippen molar-refractivity contribution in [3.8, 4) is 17.2 Å². The molecule has 1 saturated carbocycles. The third kappa shape index (κ3) is 1.49. The number of hydrogen-bond donors (Lipinski definition) is 1. The van der Waals surface area contributed by atoms with Crippen LogP contribution in [0.2, 0.25) is 5.02 Å². The summed E-state index contributed by atoms with van der Waals surface area (Å²) < 4.78 is 16.5. The molecule has 0 saturated heterocycles. The number of nitrogens with two attached hydrogens (primary N) is 1. The molecule has 1 aromatic carbocycles. The van der Waals surface area contributed by atoms with Crippen LogP contribution < -0.4 is 19.9 Å². The molecule has 1 aromatic rings. The fourth-order valence-electron chi connectivity index (χ4n) is 2.71. The largest absolute Gasteiger partial charge is 0.495 e. The minimum atomic E-state index is -0.0893. The molecule has 1 fully saturated rings. The van der Waals surface area contributed by atoms with Gasteiger partial charge in [-0.15, -0.1) is 0 Å². The first-order valence-corrected chi connectivity index (χ1v) is 6.40. The van der Waals surface area contributed by atoms with Crippen molar-refractivity contribution in [3.05, 3.63) is 16.7 Å². The zero-order chi connectivity index (χ0) is 12.9. The molecule has 2 aliphatic rings. The van der Waals surface area contributed by atoms with Gasteiger partial charge in [-0.05, 0) is 19.8 Å². The van der Waals surface area contributed by atoms with Gasteiger partial charge >= 0.3 is 0 Å². The molecular weight excluding hydrogens is 254 g/mol. The molecule has 3 rings (SSSR count). The van der Waals surface area contributed by atoms with E-state index in [4.69, 9.17) is 31.5 Å². The van der Waals surface area contributed by atoms with Crippen molar-refractivity contribution in [1.82, 2.24) is 0 Å². The van der Waals surface area contributed by atoms with Crippen LogP contribution in [0.1, 0.15) is 25.3 Å². The minimum absolute atomic E-state index is 0.0261. The average molecular weight is 270 g/mol. The Bertz CT molecular complexity index is 494. The maximum Gasteiger partial charge on any atom is 0.231 e. The first kappa shape index (κ1) is 11.9. The summed E-state index contributed by atoms with van der Waals surface area (Å²) in [6, 6.07) is 1.77. The molecule has 0 amide bonds. The van der Waals surface area contributed by atoms with Gasteiger partial charge in [0.25, 0.3) is 0 Å². The number of halogens is 1. The van der Waals surface area contributed by atoms with Crippen LogP contribution in [0.4, 0.5) is 0 Å². The van der Waals surface area contributed by atoms with E-state index in [-0.39, 0.29) is 18.2 Å². The molecule has 0 aromatic heterocycles. The lowest BCUT2D eigenvalue weighted by atomic mass is 9.87. The number of hydrogen-bond acceptors (Lipinski definition) is 4. The summed E-state index contributed by atoms with van der Waals surface area (Å²) in [5.41, 5.74) is 7.02. The van der Waals surface area contributed by atoms with Crippen LogP contribution in [0, 0.1) is 0 Å². The highest BCUT2D eigenvalue weighted by atomic mass is 35.5. The average Bonchev–Trinajstić information content (AvgIpc) is 3.01. The smallest absolute Gasteiger partial charge is 0.231 e. The quantitative estimate of drug-likeness (QED) is 0.916. The number of methoxy groups -OCH3 is 1. The van der Waals surface area contributed by atoms with E-state index in [1.807, 2.05) is 6.92 Å². The number of ether oxygens (including phenoxy) is 3. The monoisotopic (exact) mass is 269 g/mol. The second kappa shape index (κ2) is 3.93. The van der Waals surface area contributed by atoms with Gasteiger partial charge in [-0.2, -0.15) is 0 Å². The Morgan fingerprint density at radius 3 is 2.72 bits per heavy atom. The summed E-state index contributed by atoms with van der Waals surface area (Å²) in [4.78, 5) is 0. The summed E-state index contributed by atoms with van der Waals surface area (Å²) in [5.74, 6) is 2.09. The van der Waals surface area contributed by atoms with E-state index in [0.717, 1.165) is 24.2 Å². The molecular formula is C13H16ClNO3. The molecule has 0 radical (unpaired) electrons. The number of benzene rings is 1. The summed E-state index contributed by atoms with van der Waals surface area (Å²) >= 11 is 6.25. The third-order valence-corrected chi connectivity index (χ3v) is 4.21. The van der Waals surface area contributed by atoms with Crippen molar-refractivity contribution in [2.45, 2.75) is 31.2 Å². The van der Waals surface area contributed by atoms with Gasteiger partial charge in [0.1, 0.15) is 5.75 Å². The van der Waals surface area contributed by atoms with E-state index in [2.05, 4.69) is 0 Å². The lowest BCUT2D eigenvalue weighted by Crippen LogP contribution is -2.32. The molecule has 0 spiro atoms. The molecule has 1 unspecified atom stereocenters. The van der Waals surface area contributed by atoms with Gasteiger partial charge in [-0.1, -0.05) is 11.6 Å². The van der Waals surface area contributed by atoms with Gasteiger partial charge < -0.3 is 19.9 Å². The highest BCUT2D eigenvalue weighted by Crippen LogP contribution is 2.60. The van der Waals surface area contributed by atoms with Gasteiger partial charge in [-0.25, -0.2) is 0 Å². The molecule has 18 heavy (non-hydrogen) atoms. The summed E-state index contributed by atoms with van der Waals surface area (Å²) in [6.07, 6.45) is 2.05. The summed E-state index contributed by atoms with van der Waals surface area (Å²) in [7, 11) is 1.62. The molecule has 0 bridgehead atoms. The number of fused-ring (bicyclic) bond motifs is 1. The molecule has 98 valence electrons. The van der Waals surface area contributed by atoms with E-state index in [1.54, 1.807) is 13.2 Å². The SMILES string of the molecule is COc1c(Cl)cc2c(c1C1(C(C)N)CC1)OCO2. The van der Waals surface area contributed by atoms with E-state index in [0.29, 0.717) is 16.5 Å². The lowest BCUT2D eigenvalue weighted by molar-refractivity contribution is 0.172. The van der Waals surface area contributed by atoms with Crippen LogP contribution in [-0.4, -0.2) is 19.9 Å². The van der Waals surface area contributed by atoms with Crippen molar-refractivity contribution < 1.29 is 14.2 Å². The Hall–Kier alpha value is -1.13. The summed E-state index contributed by atoms with van der Waals surface area (Å²) in [5, 5.41) is 0.545. The van der Waals surface area contributed by atoms with Gasteiger partial charge in [0.15, 0.2) is 11.5 Å². The van der Waals surface area contributed by atoms with E-state index in [9.17, 15) is 0 Å². The molecule has 1 aliphatic heterocycles. The molecule has 1 aliphatic carbocycles. The van der Waals surface area contributed by atoms with Gasteiger partial charge in [0.2, 0.25) is 6.79 Å². The Balaban J connectivity index is 2.24. The van der Waals surface area contributed by atoms with Crippen LogP contribution >= 0.6 is 11.6 Å². The highest BCUT2D eigenvalue weighted by molar-refractivity contribution is 6.32. The second-order valence-corrected chi connectivity index (χ2v) is 5.35. The Morgan fingerprint density at radius 1 is 1.44 bits per heavy atom. The van der Waals surface area contributed by atoms with Gasteiger partial charge in [-0.3, -0.25) is 0 Å². The maximum absolute atomic E-state index is 6.25. The van der Waals surface area contributed by atoms with Crippen molar-refractivity contribution in [2.24, 2.45) is 5.73 Å². The normalized spacial score (nSPS) is 20.7. The molecule has 4 nitrogen and oxygen atoms in total. The van der Waals surface area contributed by atoms with E-state index >= 15 is 0 Å². The van der Waals surface area contributed by atoms with E-state index in [1.165, 1.54) is 0 Å². The Kier molecular flexibility index (Phi) is 2.61. The summed E-state index contributed by atoms with van der Waals surface area (Å²) in [6.45, 7) is 2.23. The molecule has 1 atom stereocenters. The van der Waals surface area contributed by atoms with Gasteiger partial charge in [0.05, 0.1) is 12.1 Å². The fraction of sp³-hybridized carbons (Fsp3) is 0.538. The molecule has 5 heteroatoms. The first-order valence-electron chi connectivity index (χ1n) is 6.02. The van der Waals surface area contributed by atoms with Crippen LogP contribution in [0.25, 0.3) is 0 Å². The van der Waals surface area contributed by atoms with Crippen LogP contribution in [0.3, 0.4) is 0 Å². The topological polar surface area (TPSA) is 53.7 Å². The zero-order valence-electron chi connectivity index (χ0n) is 10.5. The van der Waals surface area contributed by atoms with Crippen LogP contribution in [0.5, 0.6) is 17.2 Å². The highest BCUT2D eigenvalue weighted by Gasteiger charge is 2.52. The van der Waals surface area contributed by atoms with Crippen molar-refractivity contribution in [1.29, 1.82) is 0 Å². The molecule has 1 heterocycles. The van der Waals surface area contributed by atoms with Crippen LogP contribution in [-0.2, 0) is 5.41 Å². The fourth-order valence-corrected chi connectivity index (χ4v) is 2.98. The van der Waals surface area contributed by atoms with E-state index < -0.39 is 0 Å². The second-order valence-electron chi connectivity index (χ2n) is 4.95. The minimum Gasteiger partial charge on any atom is -0.495 e.